The largest absolute Gasteiger partial charge is 0.480 e. The zero-order chi connectivity index (χ0) is 8.85. The van der Waals surface area contributed by atoms with Crippen molar-refractivity contribution in [2.75, 3.05) is 26.8 Å². The van der Waals surface area contributed by atoms with Gasteiger partial charge in [0.05, 0.1) is 13.2 Å². The van der Waals surface area contributed by atoms with Crippen molar-refractivity contribution in [3.05, 3.63) is 0 Å². The molecule has 0 amide bonds. The van der Waals surface area contributed by atoms with Gasteiger partial charge in [-0.05, 0) is 7.05 Å². The molecule has 0 radical (unpaired) electrons. The van der Waals surface area contributed by atoms with Gasteiger partial charge in [-0.25, -0.2) is 0 Å². The number of aliphatic hydroxyl groups excluding tert-OH is 2. The maximum absolute atomic E-state index is 10.4. The summed E-state index contributed by atoms with van der Waals surface area (Å²) in [7, 11) is 1.53. The van der Waals surface area contributed by atoms with Crippen LogP contribution < -0.4 is 0 Å². The highest BCUT2D eigenvalue weighted by atomic mass is 16.4. The average Bonchev–Trinajstić information content (AvgIpc) is 1.88. The van der Waals surface area contributed by atoms with Crippen LogP contribution in [0.5, 0.6) is 0 Å². The van der Waals surface area contributed by atoms with Crippen molar-refractivity contribution in [1.29, 1.82) is 0 Å². The van der Waals surface area contributed by atoms with Crippen molar-refractivity contribution >= 4 is 5.97 Å². The van der Waals surface area contributed by atoms with Crippen molar-refractivity contribution in [2.24, 2.45) is 0 Å². The Balaban J connectivity index is 3.91. The molecule has 0 aliphatic carbocycles. The summed E-state index contributed by atoms with van der Waals surface area (Å²) in [5.74, 6) is -1.08. The average molecular weight is 163 g/mol. The third kappa shape index (κ3) is 3.31. The van der Waals surface area contributed by atoms with Crippen LogP contribution in [0.25, 0.3) is 0 Å². The van der Waals surface area contributed by atoms with Crippen molar-refractivity contribution in [3.63, 3.8) is 0 Å². The molecule has 0 bridgehead atoms. The summed E-state index contributed by atoms with van der Waals surface area (Å²) >= 11 is 0. The predicted octanol–water partition coefficient (Wildman–Crippen LogP) is -1.64. The van der Waals surface area contributed by atoms with E-state index in [1.54, 1.807) is 0 Å². The van der Waals surface area contributed by atoms with Crippen LogP contribution in [0.1, 0.15) is 0 Å². The minimum atomic E-state index is -1.08. The minimum absolute atomic E-state index is 0.111. The van der Waals surface area contributed by atoms with E-state index in [2.05, 4.69) is 0 Å². The molecule has 0 aliphatic rings. The van der Waals surface area contributed by atoms with E-state index in [0.717, 1.165) is 0 Å². The van der Waals surface area contributed by atoms with E-state index in [1.807, 2.05) is 0 Å². The molecule has 0 aromatic carbocycles. The molecule has 0 fully saturated rings. The molecular formula is C6H13NO4. The summed E-state index contributed by atoms with van der Waals surface area (Å²) in [5, 5.41) is 25.5. The maximum atomic E-state index is 10.4. The first-order valence-electron chi connectivity index (χ1n) is 3.28. The van der Waals surface area contributed by atoms with E-state index in [4.69, 9.17) is 15.3 Å². The number of carbonyl (C=O) groups is 1. The van der Waals surface area contributed by atoms with Crippen LogP contribution in [0, 0.1) is 0 Å². The van der Waals surface area contributed by atoms with Gasteiger partial charge >= 0.3 is 5.97 Å². The van der Waals surface area contributed by atoms with Crippen LogP contribution in [0.3, 0.4) is 0 Å². The molecular weight excluding hydrogens is 150 g/mol. The summed E-state index contributed by atoms with van der Waals surface area (Å²) in [5.41, 5.74) is 0. The van der Waals surface area contributed by atoms with Crippen molar-refractivity contribution in [2.45, 2.75) is 6.04 Å². The van der Waals surface area contributed by atoms with Gasteiger partial charge in [0.25, 0.3) is 0 Å². The van der Waals surface area contributed by atoms with Gasteiger partial charge in [0.1, 0.15) is 6.04 Å². The number of rotatable bonds is 5. The Bertz CT molecular complexity index is 128. The SMILES string of the molecule is CN(CCO)[C@@H](CO)C(=O)O. The van der Waals surface area contributed by atoms with Gasteiger partial charge in [0.15, 0.2) is 0 Å². The first kappa shape index (κ1) is 10.3. The highest BCUT2D eigenvalue weighted by Crippen LogP contribution is 1.94. The Morgan fingerprint density at radius 2 is 2.09 bits per heavy atom. The maximum Gasteiger partial charge on any atom is 0.323 e. The van der Waals surface area contributed by atoms with Gasteiger partial charge in [-0.3, -0.25) is 9.69 Å². The fourth-order valence-electron chi connectivity index (χ4n) is 0.720. The van der Waals surface area contributed by atoms with Crippen molar-refractivity contribution in [3.8, 4) is 0 Å². The first-order chi connectivity index (χ1) is 5.13. The Labute approximate surface area is 64.9 Å². The molecule has 11 heavy (non-hydrogen) atoms. The van der Waals surface area contributed by atoms with E-state index in [9.17, 15) is 4.79 Å². The van der Waals surface area contributed by atoms with Gasteiger partial charge in [-0.15, -0.1) is 0 Å². The Morgan fingerprint density at radius 1 is 1.55 bits per heavy atom. The second-order valence-electron chi connectivity index (χ2n) is 2.24. The fraction of sp³-hybridized carbons (Fsp3) is 0.833. The van der Waals surface area contributed by atoms with Crippen LogP contribution >= 0.6 is 0 Å². The summed E-state index contributed by atoms with van der Waals surface area (Å²) in [6, 6.07) is -0.915. The molecule has 0 aliphatic heterocycles. The van der Waals surface area contributed by atoms with Gasteiger partial charge in [0.2, 0.25) is 0 Å². The molecule has 0 unspecified atom stereocenters. The molecule has 0 rings (SSSR count). The zero-order valence-corrected chi connectivity index (χ0v) is 6.40. The number of aliphatic hydroxyl groups is 2. The molecule has 0 aromatic heterocycles. The highest BCUT2D eigenvalue weighted by molar-refractivity contribution is 5.73. The zero-order valence-electron chi connectivity index (χ0n) is 6.40. The van der Waals surface area contributed by atoms with E-state index in [-0.39, 0.29) is 13.2 Å². The van der Waals surface area contributed by atoms with Crippen molar-refractivity contribution in [1.82, 2.24) is 4.90 Å². The van der Waals surface area contributed by atoms with Gasteiger partial charge < -0.3 is 15.3 Å². The van der Waals surface area contributed by atoms with Gasteiger partial charge in [-0.2, -0.15) is 0 Å². The quantitative estimate of drug-likeness (QED) is 0.452. The highest BCUT2D eigenvalue weighted by Gasteiger charge is 2.20. The van der Waals surface area contributed by atoms with Crippen LogP contribution in [-0.4, -0.2) is 59.0 Å². The lowest BCUT2D eigenvalue weighted by Crippen LogP contribution is -2.42. The van der Waals surface area contributed by atoms with E-state index < -0.39 is 18.6 Å². The van der Waals surface area contributed by atoms with E-state index in [0.29, 0.717) is 0 Å². The number of carboxylic acid groups (broad SMARTS) is 1. The second-order valence-corrected chi connectivity index (χ2v) is 2.24. The fourth-order valence-corrected chi connectivity index (χ4v) is 0.720. The molecule has 0 heterocycles. The smallest absolute Gasteiger partial charge is 0.323 e. The Hall–Kier alpha value is -0.650. The second kappa shape index (κ2) is 5.06. The number of aliphatic carboxylic acids is 1. The summed E-state index contributed by atoms with van der Waals surface area (Å²) < 4.78 is 0. The third-order valence-electron chi connectivity index (χ3n) is 1.44. The molecule has 1 atom stereocenters. The molecule has 3 N–H and O–H groups in total. The number of carboxylic acids is 1. The van der Waals surface area contributed by atoms with Gasteiger partial charge in [-0.1, -0.05) is 0 Å². The molecule has 0 spiro atoms. The molecule has 5 nitrogen and oxygen atoms in total. The minimum Gasteiger partial charge on any atom is -0.480 e. The predicted molar refractivity (Wildman–Crippen MR) is 38.2 cm³/mol. The number of nitrogens with zero attached hydrogens (tertiary/aromatic N) is 1. The van der Waals surface area contributed by atoms with E-state index >= 15 is 0 Å². The molecule has 0 saturated heterocycles. The lowest BCUT2D eigenvalue weighted by molar-refractivity contribution is -0.144. The summed E-state index contributed by atoms with van der Waals surface area (Å²) in [6.45, 7) is -0.302. The lowest BCUT2D eigenvalue weighted by Gasteiger charge is -2.21. The number of likely N-dealkylation sites (N-methyl/N-ethyl adjacent to an activating group) is 1. The Morgan fingerprint density at radius 3 is 2.36 bits per heavy atom. The third-order valence-corrected chi connectivity index (χ3v) is 1.44. The van der Waals surface area contributed by atoms with Crippen molar-refractivity contribution < 1.29 is 20.1 Å². The van der Waals surface area contributed by atoms with Gasteiger partial charge in [0, 0.05) is 6.54 Å². The number of hydrogen-bond donors (Lipinski definition) is 3. The normalized spacial score (nSPS) is 13.5. The summed E-state index contributed by atoms with van der Waals surface area (Å²) in [4.78, 5) is 11.7. The number of hydrogen-bond acceptors (Lipinski definition) is 4. The first-order valence-corrected chi connectivity index (χ1v) is 3.28. The van der Waals surface area contributed by atoms with Crippen LogP contribution in [0.4, 0.5) is 0 Å². The van der Waals surface area contributed by atoms with Crippen LogP contribution in [0.2, 0.25) is 0 Å². The van der Waals surface area contributed by atoms with Crippen LogP contribution in [0.15, 0.2) is 0 Å². The monoisotopic (exact) mass is 163 g/mol. The molecule has 5 heteroatoms. The van der Waals surface area contributed by atoms with E-state index in [1.165, 1.54) is 11.9 Å². The molecule has 0 saturated carbocycles. The standard InChI is InChI=1S/C6H13NO4/c1-7(2-3-8)5(4-9)6(10)11/h5,8-9H,2-4H2,1H3,(H,10,11)/t5-/m0/s1. The summed E-state index contributed by atoms with van der Waals surface area (Å²) in [6.07, 6.45) is 0. The molecule has 66 valence electrons. The lowest BCUT2D eigenvalue weighted by atomic mass is 10.3. The van der Waals surface area contributed by atoms with Crippen LogP contribution in [-0.2, 0) is 4.79 Å². The topological polar surface area (TPSA) is 81.0 Å². The Kier molecular flexibility index (Phi) is 4.76. The molecule has 0 aromatic rings.